The fourth-order valence-electron chi connectivity index (χ4n) is 2.54. The fourth-order valence-corrected chi connectivity index (χ4v) is 4.15. The Balaban J connectivity index is 1.89. The average Bonchev–Trinajstić information content (AvgIpc) is 2.69. The number of halogens is 1. The third-order valence-electron chi connectivity index (χ3n) is 3.52. The van der Waals surface area contributed by atoms with Crippen LogP contribution in [-0.2, 0) is 19.5 Å². The van der Waals surface area contributed by atoms with Gasteiger partial charge in [-0.2, -0.15) is 8.42 Å². The van der Waals surface area contributed by atoms with Gasteiger partial charge in [0, 0.05) is 31.5 Å². The summed E-state index contributed by atoms with van der Waals surface area (Å²) in [5.74, 6) is 0. The number of benzene rings is 1. The van der Waals surface area contributed by atoms with E-state index in [1.165, 1.54) is 0 Å². The summed E-state index contributed by atoms with van der Waals surface area (Å²) in [6, 6.07) is 5.17. The summed E-state index contributed by atoms with van der Waals surface area (Å²) in [4.78, 5) is 2.25. The molecule has 21 heavy (non-hydrogen) atoms. The maximum Gasteiger partial charge on any atom is 0.284 e. The van der Waals surface area contributed by atoms with Gasteiger partial charge in [-0.05, 0) is 18.2 Å². The molecule has 0 N–H and O–H groups in total. The normalized spacial score (nSPS) is 23.8. The van der Waals surface area contributed by atoms with E-state index in [1.54, 1.807) is 19.2 Å². The molecular formula is C13H15ClN2O4S. The number of methoxy groups -OCH3 is 1. The van der Waals surface area contributed by atoms with Crippen LogP contribution in [0.1, 0.15) is 5.56 Å². The monoisotopic (exact) mass is 330 g/mol. The quantitative estimate of drug-likeness (QED) is 0.833. The predicted octanol–water partition coefficient (Wildman–Crippen LogP) is 1.23. The highest BCUT2D eigenvalue weighted by Crippen LogP contribution is 2.32. The molecule has 1 atom stereocenters. The van der Waals surface area contributed by atoms with Crippen molar-refractivity contribution in [2.75, 3.05) is 38.3 Å². The van der Waals surface area contributed by atoms with Crippen LogP contribution < -0.4 is 4.90 Å². The van der Waals surface area contributed by atoms with Crippen LogP contribution in [0.3, 0.4) is 0 Å². The number of fused-ring (bicyclic) bond motifs is 1. The summed E-state index contributed by atoms with van der Waals surface area (Å²) in [6.45, 7) is 2.44. The third kappa shape index (κ3) is 2.78. The largest absolute Gasteiger partial charge is 0.382 e. The third-order valence-corrected chi connectivity index (χ3v) is 5.23. The number of morpholine rings is 1. The number of nitrogens with zero attached hydrogens (tertiary/aromatic N) is 2. The SMILES string of the molecule is COC[C@@H]1CN(c2ccc3c(c2)S(=O)(=O)N=C3Cl)CCO1. The van der Waals surface area contributed by atoms with Crippen molar-refractivity contribution < 1.29 is 17.9 Å². The number of sulfonamides is 1. The van der Waals surface area contributed by atoms with Crippen molar-refractivity contribution >= 4 is 32.5 Å². The second kappa shape index (κ2) is 5.57. The molecule has 1 fully saturated rings. The summed E-state index contributed by atoms with van der Waals surface area (Å²) < 4.78 is 38.1. The summed E-state index contributed by atoms with van der Waals surface area (Å²) >= 11 is 5.85. The predicted molar refractivity (Wildman–Crippen MR) is 79.8 cm³/mol. The molecule has 6 nitrogen and oxygen atoms in total. The molecule has 0 amide bonds. The van der Waals surface area contributed by atoms with Gasteiger partial charge in [0.25, 0.3) is 10.0 Å². The van der Waals surface area contributed by atoms with Crippen LogP contribution in [0, 0.1) is 0 Å². The number of anilines is 1. The first-order chi connectivity index (χ1) is 10.0. The van der Waals surface area contributed by atoms with Crippen LogP contribution in [0.4, 0.5) is 5.69 Å². The van der Waals surface area contributed by atoms with Crippen molar-refractivity contribution in [2.24, 2.45) is 4.40 Å². The molecule has 8 heteroatoms. The molecule has 2 heterocycles. The molecule has 0 saturated carbocycles. The summed E-state index contributed by atoms with van der Waals surface area (Å²) in [5.41, 5.74) is 1.28. The first-order valence-electron chi connectivity index (χ1n) is 6.51. The van der Waals surface area contributed by atoms with E-state index in [4.69, 9.17) is 21.1 Å². The lowest BCUT2D eigenvalue weighted by atomic mass is 10.2. The van der Waals surface area contributed by atoms with Crippen molar-refractivity contribution in [3.63, 3.8) is 0 Å². The Labute approximate surface area is 128 Å². The highest BCUT2D eigenvalue weighted by molar-refractivity contribution is 7.91. The van der Waals surface area contributed by atoms with E-state index in [-0.39, 0.29) is 16.2 Å². The molecule has 3 rings (SSSR count). The van der Waals surface area contributed by atoms with Gasteiger partial charge in [0.05, 0.1) is 19.3 Å². The Morgan fingerprint density at radius 1 is 1.52 bits per heavy atom. The minimum Gasteiger partial charge on any atom is -0.382 e. The average molecular weight is 331 g/mol. The van der Waals surface area contributed by atoms with Crippen LogP contribution in [-0.4, -0.2) is 53.1 Å². The first kappa shape index (κ1) is 14.8. The van der Waals surface area contributed by atoms with Crippen LogP contribution in [0.25, 0.3) is 0 Å². The zero-order valence-corrected chi connectivity index (χ0v) is 13.0. The lowest BCUT2D eigenvalue weighted by Crippen LogP contribution is -2.44. The molecule has 1 saturated heterocycles. The maximum absolute atomic E-state index is 11.9. The van der Waals surface area contributed by atoms with E-state index < -0.39 is 10.0 Å². The standard InChI is InChI=1S/C13H15ClN2O4S/c1-19-8-10-7-16(4-5-20-10)9-2-3-11-12(6-9)21(17,18)15-13(11)14/h2-3,6,10H,4-5,7-8H2,1H3/t10-/m0/s1. The Kier molecular flexibility index (Phi) is 3.92. The van der Waals surface area contributed by atoms with Crippen molar-refractivity contribution in [1.82, 2.24) is 0 Å². The van der Waals surface area contributed by atoms with E-state index in [1.807, 2.05) is 6.07 Å². The Morgan fingerprint density at radius 2 is 2.33 bits per heavy atom. The minimum absolute atomic E-state index is 0.0200. The number of rotatable bonds is 3. The topological polar surface area (TPSA) is 68.2 Å². The second-order valence-corrected chi connectivity index (χ2v) is 6.86. The van der Waals surface area contributed by atoms with Gasteiger partial charge in [-0.25, -0.2) is 0 Å². The Morgan fingerprint density at radius 3 is 3.10 bits per heavy atom. The summed E-state index contributed by atoms with van der Waals surface area (Å²) in [6.07, 6.45) is -0.0200. The van der Waals surface area contributed by atoms with Crippen molar-refractivity contribution in [1.29, 1.82) is 0 Å². The highest BCUT2D eigenvalue weighted by Gasteiger charge is 2.29. The first-order valence-corrected chi connectivity index (χ1v) is 8.33. The van der Waals surface area contributed by atoms with Crippen LogP contribution in [0.15, 0.2) is 27.5 Å². The van der Waals surface area contributed by atoms with Gasteiger partial charge in [0.1, 0.15) is 4.90 Å². The van der Waals surface area contributed by atoms with E-state index in [0.29, 0.717) is 31.9 Å². The molecule has 2 aliphatic rings. The van der Waals surface area contributed by atoms with Crippen LogP contribution >= 0.6 is 11.6 Å². The van der Waals surface area contributed by atoms with Crippen LogP contribution in [0.2, 0.25) is 0 Å². The highest BCUT2D eigenvalue weighted by atomic mass is 35.5. The minimum atomic E-state index is -3.67. The maximum atomic E-state index is 11.9. The molecule has 2 aliphatic heterocycles. The second-order valence-electron chi connectivity index (χ2n) is 4.93. The number of ether oxygens (including phenoxy) is 2. The molecule has 0 spiro atoms. The van der Waals surface area contributed by atoms with Gasteiger partial charge in [-0.3, -0.25) is 0 Å². The van der Waals surface area contributed by atoms with E-state index in [2.05, 4.69) is 9.30 Å². The van der Waals surface area contributed by atoms with Crippen LogP contribution in [0.5, 0.6) is 0 Å². The van der Waals surface area contributed by atoms with Gasteiger partial charge >= 0.3 is 0 Å². The van der Waals surface area contributed by atoms with Crippen molar-refractivity contribution in [3.8, 4) is 0 Å². The fraction of sp³-hybridized carbons (Fsp3) is 0.462. The van der Waals surface area contributed by atoms with Crippen molar-refractivity contribution in [3.05, 3.63) is 23.8 Å². The molecule has 0 aromatic heterocycles. The molecule has 1 aromatic carbocycles. The summed E-state index contributed by atoms with van der Waals surface area (Å²) in [5, 5.41) is 0.0239. The van der Waals surface area contributed by atoms with Gasteiger partial charge in [0.2, 0.25) is 0 Å². The van der Waals surface area contributed by atoms with E-state index in [0.717, 1.165) is 5.69 Å². The molecule has 0 aliphatic carbocycles. The molecule has 1 aromatic rings. The zero-order valence-electron chi connectivity index (χ0n) is 11.5. The lowest BCUT2D eigenvalue weighted by Gasteiger charge is -2.34. The van der Waals surface area contributed by atoms with Gasteiger partial charge in [-0.1, -0.05) is 11.6 Å². The van der Waals surface area contributed by atoms with Gasteiger partial charge in [0.15, 0.2) is 5.17 Å². The Bertz CT molecular complexity index is 687. The zero-order chi connectivity index (χ0) is 15.0. The molecule has 0 radical (unpaired) electrons. The van der Waals surface area contributed by atoms with Gasteiger partial charge in [-0.15, -0.1) is 4.40 Å². The smallest absolute Gasteiger partial charge is 0.284 e. The lowest BCUT2D eigenvalue weighted by molar-refractivity contribution is -0.0100. The molecular weight excluding hydrogens is 316 g/mol. The van der Waals surface area contributed by atoms with E-state index in [9.17, 15) is 8.42 Å². The van der Waals surface area contributed by atoms with Gasteiger partial charge < -0.3 is 14.4 Å². The summed E-state index contributed by atoms with van der Waals surface area (Å²) in [7, 11) is -2.04. The molecule has 0 bridgehead atoms. The number of hydrogen-bond donors (Lipinski definition) is 0. The van der Waals surface area contributed by atoms with Crippen molar-refractivity contribution in [2.45, 2.75) is 11.0 Å². The molecule has 0 unspecified atom stereocenters. The Hall–Kier alpha value is -1.15. The van der Waals surface area contributed by atoms with E-state index >= 15 is 0 Å². The number of hydrogen-bond acceptors (Lipinski definition) is 5. The molecule has 114 valence electrons.